The fourth-order valence-electron chi connectivity index (χ4n) is 3.49. The molecule has 0 atom stereocenters. The van der Waals surface area contributed by atoms with Crippen molar-refractivity contribution >= 4 is 33.0 Å². The molecular weight excluding hydrogens is 420 g/mol. The number of amides is 2. The van der Waals surface area contributed by atoms with Gasteiger partial charge in [0, 0.05) is 31.1 Å². The molecule has 2 aromatic carbocycles. The molecule has 0 unspecified atom stereocenters. The third-order valence-electron chi connectivity index (χ3n) is 5.19. The first-order valence-electron chi connectivity index (χ1n) is 9.97. The molecule has 0 bridgehead atoms. The van der Waals surface area contributed by atoms with Gasteiger partial charge in [-0.2, -0.15) is 0 Å². The van der Waals surface area contributed by atoms with E-state index in [-0.39, 0.29) is 23.0 Å². The number of anilines is 2. The first-order chi connectivity index (χ1) is 14.8. The van der Waals surface area contributed by atoms with Crippen LogP contribution >= 0.6 is 0 Å². The van der Waals surface area contributed by atoms with Crippen LogP contribution in [0.15, 0.2) is 41.3 Å². The lowest BCUT2D eigenvalue weighted by Gasteiger charge is -2.16. The van der Waals surface area contributed by atoms with Crippen molar-refractivity contribution in [1.29, 1.82) is 0 Å². The van der Waals surface area contributed by atoms with E-state index in [4.69, 9.17) is 9.47 Å². The molecule has 31 heavy (non-hydrogen) atoms. The quantitative estimate of drug-likeness (QED) is 0.669. The van der Waals surface area contributed by atoms with E-state index in [1.165, 1.54) is 20.3 Å². The third kappa shape index (κ3) is 4.99. The standard InChI is InChI=1S/C22H26N2O6S/c1-4-22(26)24-11-9-15-13-17(6-7-19(15)24)31(27,28)12-10-21(25)23-18-14-16(29-2)5-8-20(18)30-3/h5-8,13-14H,4,9-12H2,1-3H3,(H,23,25). The summed E-state index contributed by atoms with van der Waals surface area (Å²) in [6.07, 6.45) is 0.799. The number of nitrogens with one attached hydrogen (secondary N) is 1. The van der Waals surface area contributed by atoms with Gasteiger partial charge in [0.1, 0.15) is 11.5 Å². The van der Waals surface area contributed by atoms with Gasteiger partial charge in [-0.3, -0.25) is 9.59 Å². The molecule has 0 fully saturated rings. The number of sulfone groups is 1. The molecule has 2 amide bonds. The lowest BCUT2D eigenvalue weighted by atomic mass is 10.2. The van der Waals surface area contributed by atoms with Crippen molar-refractivity contribution in [3.8, 4) is 11.5 Å². The van der Waals surface area contributed by atoms with Gasteiger partial charge in [-0.05, 0) is 42.3 Å². The summed E-state index contributed by atoms with van der Waals surface area (Å²) in [6.45, 7) is 2.35. The number of hydrogen-bond acceptors (Lipinski definition) is 6. The van der Waals surface area contributed by atoms with Crippen LogP contribution in [0.5, 0.6) is 11.5 Å². The van der Waals surface area contributed by atoms with Gasteiger partial charge in [0.2, 0.25) is 11.8 Å². The second kappa shape index (κ2) is 9.38. The highest BCUT2D eigenvalue weighted by atomic mass is 32.2. The van der Waals surface area contributed by atoms with Gasteiger partial charge in [-0.1, -0.05) is 6.92 Å². The molecule has 3 rings (SSSR count). The first-order valence-corrected chi connectivity index (χ1v) is 11.6. The zero-order valence-electron chi connectivity index (χ0n) is 17.8. The summed E-state index contributed by atoms with van der Waals surface area (Å²) in [6, 6.07) is 9.73. The Hall–Kier alpha value is -3.07. The fourth-order valence-corrected chi connectivity index (χ4v) is 4.78. The van der Waals surface area contributed by atoms with Crippen LogP contribution in [0.4, 0.5) is 11.4 Å². The smallest absolute Gasteiger partial charge is 0.226 e. The zero-order chi connectivity index (χ0) is 22.6. The van der Waals surface area contributed by atoms with E-state index >= 15 is 0 Å². The number of carbonyl (C=O) groups excluding carboxylic acids is 2. The molecule has 1 aliphatic heterocycles. The van der Waals surface area contributed by atoms with Gasteiger partial charge in [-0.15, -0.1) is 0 Å². The van der Waals surface area contributed by atoms with Crippen molar-refractivity contribution in [2.24, 2.45) is 0 Å². The minimum atomic E-state index is -3.66. The lowest BCUT2D eigenvalue weighted by molar-refractivity contribution is -0.118. The molecule has 1 heterocycles. The minimum Gasteiger partial charge on any atom is -0.497 e. The fraction of sp³-hybridized carbons (Fsp3) is 0.364. The Morgan fingerprint density at radius 3 is 2.55 bits per heavy atom. The molecule has 1 N–H and O–H groups in total. The average molecular weight is 447 g/mol. The first kappa shape index (κ1) is 22.6. The topological polar surface area (TPSA) is 102 Å². The van der Waals surface area contributed by atoms with Gasteiger partial charge in [0.25, 0.3) is 0 Å². The Morgan fingerprint density at radius 2 is 1.87 bits per heavy atom. The number of hydrogen-bond donors (Lipinski definition) is 1. The van der Waals surface area contributed by atoms with Crippen LogP contribution in [0.2, 0.25) is 0 Å². The molecule has 8 nitrogen and oxygen atoms in total. The number of nitrogens with zero attached hydrogens (tertiary/aromatic N) is 1. The van der Waals surface area contributed by atoms with Crippen molar-refractivity contribution in [2.75, 3.05) is 36.7 Å². The van der Waals surface area contributed by atoms with E-state index in [9.17, 15) is 18.0 Å². The average Bonchev–Trinajstić information content (AvgIpc) is 3.20. The van der Waals surface area contributed by atoms with Crippen molar-refractivity contribution in [1.82, 2.24) is 0 Å². The summed E-state index contributed by atoms with van der Waals surface area (Å²) >= 11 is 0. The summed E-state index contributed by atoms with van der Waals surface area (Å²) in [4.78, 5) is 26.2. The molecule has 0 radical (unpaired) electrons. The summed E-state index contributed by atoms with van der Waals surface area (Å²) in [7, 11) is -0.676. The second-order valence-corrected chi connectivity index (χ2v) is 9.23. The van der Waals surface area contributed by atoms with E-state index in [0.717, 1.165) is 11.3 Å². The number of methoxy groups -OCH3 is 2. The van der Waals surface area contributed by atoms with Crippen molar-refractivity contribution in [3.63, 3.8) is 0 Å². The Kier molecular flexibility index (Phi) is 6.84. The van der Waals surface area contributed by atoms with Crippen LogP contribution in [0.1, 0.15) is 25.3 Å². The molecular formula is C22H26N2O6S. The van der Waals surface area contributed by atoms with Crippen LogP contribution in [-0.2, 0) is 25.8 Å². The second-order valence-electron chi connectivity index (χ2n) is 7.12. The summed E-state index contributed by atoms with van der Waals surface area (Å²) in [5, 5.41) is 2.67. The molecule has 2 aromatic rings. The number of rotatable bonds is 8. The third-order valence-corrected chi connectivity index (χ3v) is 6.90. The molecule has 0 saturated carbocycles. The van der Waals surface area contributed by atoms with E-state index in [0.29, 0.717) is 36.6 Å². The predicted octanol–water partition coefficient (Wildman–Crippen LogP) is 2.81. The number of benzene rings is 2. The Labute approximate surface area is 182 Å². The van der Waals surface area contributed by atoms with Crippen LogP contribution in [0, 0.1) is 0 Å². The molecule has 0 spiro atoms. The molecule has 166 valence electrons. The van der Waals surface area contributed by atoms with E-state index in [1.54, 1.807) is 42.2 Å². The maximum absolute atomic E-state index is 12.8. The maximum atomic E-state index is 12.8. The summed E-state index contributed by atoms with van der Waals surface area (Å²) in [5.74, 6) is 0.218. The molecule has 1 aliphatic rings. The Morgan fingerprint density at radius 1 is 1.10 bits per heavy atom. The van der Waals surface area contributed by atoms with Gasteiger partial charge < -0.3 is 19.7 Å². The normalized spacial score (nSPS) is 12.9. The van der Waals surface area contributed by atoms with Gasteiger partial charge in [-0.25, -0.2) is 8.42 Å². The van der Waals surface area contributed by atoms with Gasteiger partial charge in [0.15, 0.2) is 9.84 Å². The van der Waals surface area contributed by atoms with Gasteiger partial charge >= 0.3 is 0 Å². The highest BCUT2D eigenvalue weighted by Gasteiger charge is 2.26. The monoisotopic (exact) mass is 446 g/mol. The SMILES string of the molecule is CCC(=O)N1CCc2cc(S(=O)(=O)CCC(=O)Nc3cc(OC)ccc3OC)ccc21. The van der Waals surface area contributed by atoms with E-state index in [2.05, 4.69) is 5.32 Å². The Bertz CT molecular complexity index is 1100. The molecule has 0 aliphatic carbocycles. The highest BCUT2D eigenvalue weighted by Crippen LogP contribution is 2.31. The lowest BCUT2D eigenvalue weighted by Crippen LogP contribution is -2.27. The number of ether oxygens (including phenoxy) is 2. The van der Waals surface area contributed by atoms with Crippen molar-refractivity contribution in [3.05, 3.63) is 42.0 Å². The summed E-state index contributed by atoms with van der Waals surface area (Å²) < 4.78 is 35.9. The van der Waals surface area contributed by atoms with E-state index < -0.39 is 15.7 Å². The van der Waals surface area contributed by atoms with Crippen LogP contribution < -0.4 is 19.7 Å². The maximum Gasteiger partial charge on any atom is 0.226 e. The van der Waals surface area contributed by atoms with Crippen molar-refractivity contribution in [2.45, 2.75) is 31.1 Å². The number of carbonyl (C=O) groups is 2. The zero-order valence-corrected chi connectivity index (χ0v) is 18.6. The van der Waals surface area contributed by atoms with Gasteiger partial charge in [0.05, 0.1) is 30.6 Å². The van der Waals surface area contributed by atoms with Crippen LogP contribution in [-0.4, -0.2) is 46.7 Å². The van der Waals surface area contributed by atoms with Crippen LogP contribution in [0.25, 0.3) is 0 Å². The van der Waals surface area contributed by atoms with Crippen molar-refractivity contribution < 1.29 is 27.5 Å². The molecule has 0 aromatic heterocycles. The molecule has 0 saturated heterocycles. The highest BCUT2D eigenvalue weighted by molar-refractivity contribution is 7.91. The van der Waals surface area contributed by atoms with E-state index in [1.807, 2.05) is 0 Å². The largest absolute Gasteiger partial charge is 0.497 e. The number of fused-ring (bicyclic) bond motifs is 1. The Balaban J connectivity index is 1.68. The molecule has 9 heteroatoms. The minimum absolute atomic E-state index is 0.0130. The predicted molar refractivity (Wildman–Crippen MR) is 118 cm³/mol. The van der Waals surface area contributed by atoms with Crippen LogP contribution in [0.3, 0.4) is 0 Å². The summed E-state index contributed by atoms with van der Waals surface area (Å²) in [5.41, 5.74) is 1.99.